The lowest BCUT2D eigenvalue weighted by molar-refractivity contribution is 0.0114. The lowest BCUT2D eigenvalue weighted by Crippen LogP contribution is -2.19. The highest BCUT2D eigenvalue weighted by molar-refractivity contribution is 6.01. The van der Waals surface area contributed by atoms with Gasteiger partial charge in [-0.15, -0.1) is 0 Å². The summed E-state index contributed by atoms with van der Waals surface area (Å²) >= 11 is 0. The number of ketones is 4. The van der Waals surface area contributed by atoms with Gasteiger partial charge in [-0.05, 0) is 44.4 Å². The highest BCUT2D eigenvalue weighted by atomic mass is 16.5. The molecule has 0 aliphatic rings. The van der Waals surface area contributed by atoms with Gasteiger partial charge in [-0.1, -0.05) is 212 Å². The predicted octanol–water partition coefficient (Wildman–Crippen LogP) is 12.8. The van der Waals surface area contributed by atoms with Gasteiger partial charge in [0, 0.05) is 36.0 Å². The molecule has 0 fully saturated rings. The summed E-state index contributed by atoms with van der Waals surface area (Å²) in [5.74, 6) is 0.110. The summed E-state index contributed by atoms with van der Waals surface area (Å²) in [4.78, 5) is 47.9. The van der Waals surface area contributed by atoms with Crippen LogP contribution >= 0.6 is 0 Å². The van der Waals surface area contributed by atoms with Crippen molar-refractivity contribution in [3.05, 3.63) is 251 Å². The minimum atomic E-state index is -0.538. The van der Waals surface area contributed by atoms with Crippen molar-refractivity contribution in [3.8, 4) is 0 Å². The molecule has 0 heterocycles. The first-order chi connectivity index (χ1) is 30.6. The molecule has 0 N–H and O–H groups in total. The molecule has 7 nitrogen and oxygen atoms in total. The molecule has 63 heavy (non-hydrogen) atoms. The van der Waals surface area contributed by atoms with Crippen LogP contribution in [0.1, 0.15) is 104 Å². The second-order valence-electron chi connectivity index (χ2n) is 14.4. The highest BCUT2D eigenvalue weighted by Crippen LogP contribution is 2.25. The zero-order valence-electron chi connectivity index (χ0n) is 36.6. The molecule has 7 heteroatoms. The molecule has 0 bridgehead atoms. The van der Waals surface area contributed by atoms with E-state index in [1.54, 1.807) is 26.2 Å². The monoisotopic (exact) mass is 840 g/mol. The van der Waals surface area contributed by atoms with Crippen LogP contribution in [0.25, 0.3) is 0 Å². The summed E-state index contributed by atoms with van der Waals surface area (Å²) in [5.41, 5.74) is 5.47. The Kier molecular flexibility index (Phi) is 21.0. The fourth-order valence-electron chi connectivity index (χ4n) is 6.27. The van der Waals surface area contributed by atoms with E-state index >= 15 is 0 Å². The SMILES string of the molecule is CC(=O)c1ccccc1.CC(C)OC(C(=O)c1ccccc1)c1ccccc1.CCOC(C(=O)c1ccccc1)c1ccccc1.COC(C(=O)c1ccccc1)c1ccccc1. The normalized spacial score (nSPS) is 11.7. The van der Waals surface area contributed by atoms with Crippen LogP contribution in [-0.2, 0) is 14.2 Å². The molecule has 0 aromatic heterocycles. The molecule has 3 atom stereocenters. The number of benzene rings is 7. The van der Waals surface area contributed by atoms with Gasteiger partial charge in [0.2, 0.25) is 0 Å². The average molecular weight is 841 g/mol. The van der Waals surface area contributed by atoms with E-state index < -0.39 is 18.3 Å². The van der Waals surface area contributed by atoms with E-state index in [-0.39, 0.29) is 29.2 Å². The molecular formula is C56H56O7. The van der Waals surface area contributed by atoms with Crippen molar-refractivity contribution in [2.45, 2.75) is 52.1 Å². The van der Waals surface area contributed by atoms with E-state index in [0.717, 1.165) is 22.3 Å². The maximum absolute atomic E-state index is 12.6. The van der Waals surface area contributed by atoms with E-state index in [9.17, 15) is 19.2 Å². The van der Waals surface area contributed by atoms with Crippen molar-refractivity contribution in [2.75, 3.05) is 13.7 Å². The number of methoxy groups -OCH3 is 1. The number of Topliss-reactive ketones (excluding diaryl/α,β-unsaturated/α-hetero) is 4. The zero-order valence-corrected chi connectivity index (χ0v) is 36.6. The van der Waals surface area contributed by atoms with Gasteiger partial charge in [0.05, 0.1) is 6.10 Å². The van der Waals surface area contributed by atoms with E-state index in [0.29, 0.717) is 23.3 Å². The third kappa shape index (κ3) is 16.1. The van der Waals surface area contributed by atoms with Crippen LogP contribution in [-0.4, -0.2) is 43.0 Å². The van der Waals surface area contributed by atoms with Crippen LogP contribution in [0.4, 0.5) is 0 Å². The molecule has 3 unspecified atom stereocenters. The number of hydrogen-bond acceptors (Lipinski definition) is 7. The molecular weight excluding hydrogens is 785 g/mol. The molecule has 0 aliphatic heterocycles. The Hall–Kier alpha value is -6.90. The second-order valence-corrected chi connectivity index (χ2v) is 14.4. The van der Waals surface area contributed by atoms with Gasteiger partial charge in [-0.3, -0.25) is 19.2 Å². The Labute approximate surface area is 372 Å². The van der Waals surface area contributed by atoms with E-state index in [1.165, 1.54) is 0 Å². The maximum atomic E-state index is 12.6. The topological polar surface area (TPSA) is 96.0 Å². The van der Waals surface area contributed by atoms with Crippen molar-refractivity contribution >= 4 is 23.1 Å². The molecule has 0 amide bonds. The number of rotatable bonds is 15. The summed E-state index contributed by atoms with van der Waals surface area (Å²) < 4.78 is 16.7. The fourth-order valence-corrected chi connectivity index (χ4v) is 6.27. The summed E-state index contributed by atoms with van der Waals surface area (Å²) in [5, 5.41) is 0. The Morgan fingerprint density at radius 1 is 0.397 bits per heavy atom. The van der Waals surface area contributed by atoms with Crippen molar-refractivity contribution in [1.29, 1.82) is 0 Å². The minimum absolute atomic E-state index is 0.000463. The summed E-state index contributed by atoms with van der Waals surface area (Å²) in [7, 11) is 1.55. The van der Waals surface area contributed by atoms with Crippen molar-refractivity contribution in [3.63, 3.8) is 0 Å². The zero-order chi connectivity index (χ0) is 45.2. The van der Waals surface area contributed by atoms with Crippen molar-refractivity contribution in [2.24, 2.45) is 0 Å². The molecule has 7 aromatic carbocycles. The lowest BCUT2D eigenvalue weighted by atomic mass is 9.99. The van der Waals surface area contributed by atoms with Gasteiger partial charge < -0.3 is 14.2 Å². The van der Waals surface area contributed by atoms with E-state index in [1.807, 2.05) is 221 Å². The predicted molar refractivity (Wildman–Crippen MR) is 251 cm³/mol. The van der Waals surface area contributed by atoms with Crippen LogP contribution in [0.2, 0.25) is 0 Å². The van der Waals surface area contributed by atoms with Gasteiger partial charge in [-0.2, -0.15) is 0 Å². The van der Waals surface area contributed by atoms with E-state index in [4.69, 9.17) is 14.2 Å². The first-order valence-electron chi connectivity index (χ1n) is 20.9. The lowest BCUT2D eigenvalue weighted by Gasteiger charge is -2.19. The third-order valence-corrected chi connectivity index (χ3v) is 9.35. The van der Waals surface area contributed by atoms with Gasteiger partial charge in [0.25, 0.3) is 0 Å². The molecule has 0 aliphatic carbocycles. The maximum Gasteiger partial charge on any atom is 0.196 e. The van der Waals surface area contributed by atoms with Crippen LogP contribution in [0.5, 0.6) is 0 Å². The van der Waals surface area contributed by atoms with Gasteiger partial charge in [-0.25, -0.2) is 0 Å². The van der Waals surface area contributed by atoms with Crippen LogP contribution in [0.15, 0.2) is 212 Å². The van der Waals surface area contributed by atoms with E-state index in [2.05, 4.69) is 0 Å². The summed E-state index contributed by atoms with van der Waals surface area (Å²) in [6, 6.07) is 65.7. The Morgan fingerprint density at radius 2 is 0.667 bits per heavy atom. The van der Waals surface area contributed by atoms with Crippen molar-refractivity contribution in [1.82, 2.24) is 0 Å². The van der Waals surface area contributed by atoms with Gasteiger partial charge >= 0.3 is 0 Å². The van der Waals surface area contributed by atoms with Crippen LogP contribution in [0.3, 0.4) is 0 Å². The Balaban J connectivity index is 0.000000189. The molecule has 0 saturated heterocycles. The first-order valence-corrected chi connectivity index (χ1v) is 20.9. The fraction of sp³-hybridized carbons (Fsp3) is 0.179. The number of carbonyl (C=O) groups excluding carboxylic acids is 4. The van der Waals surface area contributed by atoms with Gasteiger partial charge in [0.1, 0.15) is 18.3 Å². The van der Waals surface area contributed by atoms with Crippen molar-refractivity contribution < 1.29 is 33.4 Å². The van der Waals surface area contributed by atoms with Gasteiger partial charge in [0.15, 0.2) is 23.1 Å². The summed E-state index contributed by atoms with van der Waals surface area (Å²) in [6.45, 7) is 7.85. The smallest absolute Gasteiger partial charge is 0.196 e. The number of carbonyl (C=O) groups is 4. The Bertz CT molecular complexity index is 2350. The third-order valence-electron chi connectivity index (χ3n) is 9.35. The van der Waals surface area contributed by atoms with Crippen LogP contribution < -0.4 is 0 Å². The standard InChI is InChI=1S/C17H18O2.C16H16O2.C15H14O2.C8H8O/c1-13(2)19-17(15-11-7-4-8-12-15)16(18)14-9-5-3-6-10-14;1-2-18-16(14-11-7-4-8-12-14)15(17)13-9-5-3-6-10-13;1-17-15(13-10-6-3-7-11-13)14(16)12-8-4-2-5-9-12;1-7(9)8-5-3-2-4-6-8/h3-13,17H,1-2H3;3-12,16H,2H2,1H3;2-11,15H,1H3;2-6H,1H3. The Morgan fingerprint density at radius 3 is 0.952 bits per heavy atom. The number of ether oxygens (including phenoxy) is 3. The quantitative estimate of drug-likeness (QED) is 0.0949. The number of hydrogen-bond donors (Lipinski definition) is 0. The highest BCUT2D eigenvalue weighted by Gasteiger charge is 2.24. The molecule has 0 saturated carbocycles. The second kappa shape index (κ2) is 27.1. The molecule has 7 rings (SSSR count). The molecule has 322 valence electrons. The first kappa shape index (κ1) is 48.8. The average Bonchev–Trinajstić information content (AvgIpc) is 3.35. The summed E-state index contributed by atoms with van der Waals surface area (Å²) in [6.07, 6.45) is -1.58. The molecule has 7 aromatic rings. The minimum Gasteiger partial charge on any atom is -0.369 e. The molecule has 0 spiro atoms. The largest absolute Gasteiger partial charge is 0.369 e. The van der Waals surface area contributed by atoms with Crippen LogP contribution in [0, 0.1) is 0 Å². The molecule has 0 radical (unpaired) electrons.